The summed E-state index contributed by atoms with van der Waals surface area (Å²) in [6.07, 6.45) is 3.27. The fourth-order valence-electron chi connectivity index (χ4n) is 1.16. The number of aryl methyl sites for hydroxylation is 2. The highest BCUT2D eigenvalue weighted by Gasteiger charge is 2.02. The van der Waals surface area contributed by atoms with Crippen LogP contribution >= 0.6 is 0 Å². The van der Waals surface area contributed by atoms with E-state index in [-0.39, 0.29) is 0 Å². The van der Waals surface area contributed by atoms with Crippen LogP contribution in [0.1, 0.15) is 33.4 Å². The minimum absolute atomic E-state index is 0.764. The Morgan fingerprint density at radius 1 is 1.00 bits per heavy atom. The summed E-state index contributed by atoms with van der Waals surface area (Å²) in [4.78, 5) is 12.2. The van der Waals surface area contributed by atoms with Crippen molar-refractivity contribution in [1.82, 2.24) is 19.5 Å². The molecule has 0 N–H and O–H groups in total. The van der Waals surface area contributed by atoms with Crippen molar-refractivity contribution in [1.29, 1.82) is 0 Å². The molecule has 0 atom stereocenters. The zero-order valence-corrected chi connectivity index (χ0v) is 10.4. The molecular formula is C11H20N4. The highest BCUT2D eigenvalue weighted by Crippen LogP contribution is 2.09. The number of hydrogen-bond donors (Lipinski definition) is 0. The lowest BCUT2D eigenvalue weighted by Crippen LogP contribution is -1.91. The Labute approximate surface area is 91.4 Å². The third-order valence-corrected chi connectivity index (χ3v) is 1.69. The van der Waals surface area contributed by atoms with Crippen LogP contribution < -0.4 is 0 Å². The van der Waals surface area contributed by atoms with Crippen LogP contribution in [0.5, 0.6) is 0 Å². The zero-order valence-electron chi connectivity index (χ0n) is 10.4. The fraction of sp³-hybridized carbons (Fsp3) is 0.545. The largest absolute Gasteiger partial charge is 0.331 e. The molecule has 0 unspecified atom stereocenters. The van der Waals surface area contributed by atoms with E-state index in [1.807, 2.05) is 46.2 Å². The first-order valence-electron chi connectivity index (χ1n) is 5.37. The second-order valence-electron chi connectivity index (χ2n) is 2.49. The minimum atomic E-state index is 0.764. The Kier molecular flexibility index (Phi) is 6.25. The second kappa shape index (κ2) is 6.92. The first-order chi connectivity index (χ1) is 7.29. The Morgan fingerprint density at radius 3 is 2.13 bits per heavy atom. The van der Waals surface area contributed by atoms with E-state index in [9.17, 15) is 0 Å². The summed E-state index contributed by atoms with van der Waals surface area (Å²) >= 11 is 0. The number of aromatic nitrogens is 4. The van der Waals surface area contributed by atoms with Gasteiger partial charge in [-0.15, -0.1) is 0 Å². The van der Waals surface area contributed by atoms with Crippen LogP contribution in [-0.4, -0.2) is 19.5 Å². The Bertz CT molecular complexity index is 392. The molecule has 0 fully saturated rings. The molecule has 0 spiro atoms. The van der Waals surface area contributed by atoms with Gasteiger partial charge in [0.2, 0.25) is 0 Å². The van der Waals surface area contributed by atoms with Crippen molar-refractivity contribution in [3.63, 3.8) is 0 Å². The fourth-order valence-corrected chi connectivity index (χ4v) is 1.16. The van der Waals surface area contributed by atoms with Gasteiger partial charge in [-0.05, 0) is 6.92 Å². The molecule has 15 heavy (non-hydrogen) atoms. The molecular weight excluding hydrogens is 188 g/mol. The van der Waals surface area contributed by atoms with Gasteiger partial charge in [0.25, 0.3) is 0 Å². The third kappa shape index (κ3) is 3.01. The second-order valence-corrected chi connectivity index (χ2v) is 2.49. The van der Waals surface area contributed by atoms with E-state index in [0.29, 0.717) is 0 Å². The van der Waals surface area contributed by atoms with Crippen molar-refractivity contribution >= 4 is 11.2 Å². The molecule has 0 saturated heterocycles. The molecule has 4 nitrogen and oxygen atoms in total. The van der Waals surface area contributed by atoms with Crippen LogP contribution in [0, 0.1) is 6.92 Å². The highest BCUT2D eigenvalue weighted by atomic mass is 15.1. The van der Waals surface area contributed by atoms with Gasteiger partial charge in [-0.3, -0.25) is 0 Å². The van der Waals surface area contributed by atoms with E-state index in [2.05, 4.69) is 15.0 Å². The van der Waals surface area contributed by atoms with Gasteiger partial charge >= 0.3 is 0 Å². The highest BCUT2D eigenvalue weighted by molar-refractivity contribution is 5.72. The van der Waals surface area contributed by atoms with Crippen molar-refractivity contribution in [3.05, 3.63) is 18.3 Å². The Balaban J connectivity index is 0.000000442. The van der Waals surface area contributed by atoms with Crippen LogP contribution in [0.2, 0.25) is 0 Å². The van der Waals surface area contributed by atoms with Gasteiger partial charge in [0.1, 0.15) is 11.8 Å². The monoisotopic (exact) mass is 208 g/mol. The lowest BCUT2D eigenvalue weighted by Gasteiger charge is -1.95. The molecule has 0 radical (unpaired) electrons. The third-order valence-electron chi connectivity index (χ3n) is 1.69. The van der Waals surface area contributed by atoms with Crippen molar-refractivity contribution in [2.24, 2.45) is 7.05 Å². The summed E-state index contributed by atoms with van der Waals surface area (Å²) in [5.74, 6) is 0. The average Bonchev–Trinajstić information content (AvgIpc) is 2.68. The van der Waals surface area contributed by atoms with Gasteiger partial charge in [0.05, 0.1) is 12.0 Å². The molecule has 0 aliphatic rings. The van der Waals surface area contributed by atoms with Crippen LogP contribution in [0.25, 0.3) is 11.2 Å². The number of hydrogen-bond acceptors (Lipinski definition) is 3. The van der Waals surface area contributed by atoms with E-state index >= 15 is 0 Å². The molecule has 84 valence electrons. The van der Waals surface area contributed by atoms with E-state index in [1.54, 1.807) is 6.33 Å². The molecule has 2 aromatic rings. The average molecular weight is 208 g/mol. The summed E-state index contributed by atoms with van der Waals surface area (Å²) < 4.78 is 1.92. The summed E-state index contributed by atoms with van der Waals surface area (Å²) in [7, 11) is 1.94. The van der Waals surface area contributed by atoms with Crippen molar-refractivity contribution < 1.29 is 0 Å². The lowest BCUT2D eigenvalue weighted by atomic mass is 10.4. The molecule has 0 aromatic carbocycles. The zero-order chi connectivity index (χ0) is 11.8. The smallest absolute Gasteiger partial charge is 0.180 e. The van der Waals surface area contributed by atoms with E-state index < -0.39 is 0 Å². The van der Waals surface area contributed by atoms with Gasteiger partial charge < -0.3 is 4.57 Å². The van der Waals surface area contributed by atoms with Gasteiger partial charge in [0.15, 0.2) is 5.65 Å². The van der Waals surface area contributed by atoms with Crippen LogP contribution in [0.3, 0.4) is 0 Å². The van der Waals surface area contributed by atoms with Crippen molar-refractivity contribution in [2.75, 3.05) is 0 Å². The quantitative estimate of drug-likeness (QED) is 0.668. The predicted octanol–water partition coefficient (Wildman–Crippen LogP) is 2.72. The van der Waals surface area contributed by atoms with E-state index in [1.165, 1.54) is 6.33 Å². The lowest BCUT2D eigenvalue weighted by molar-refractivity contribution is 0.937. The topological polar surface area (TPSA) is 43.6 Å². The number of imidazole rings is 1. The standard InChI is InChI=1S/C7H8N4.2C2H6/c1-5-6-7(9-3-8-5)10-4-11(6)2;2*1-2/h3-4H,1-2H3;2*1-2H3. The Morgan fingerprint density at radius 2 is 1.60 bits per heavy atom. The molecule has 0 saturated carbocycles. The number of fused-ring (bicyclic) bond motifs is 1. The van der Waals surface area contributed by atoms with Gasteiger partial charge in [0, 0.05) is 7.05 Å². The summed E-state index contributed by atoms with van der Waals surface area (Å²) in [5.41, 5.74) is 2.74. The maximum Gasteiger partial charge on any atom is 0.180 e. The molecule has 0 aliphatic carbocycles. The van der Waals surface area contributed by atoms with Crippen LogP contribution in [0.4, 0.5) is 0 Å². The molecule has 2 heterocycles. The van der Waals surface area contributed by atoms with Gasteiger partial charge in [-0.2, -0.15) is 0 Å². The van der Waals surface area contributed by atoms with Crippen LogP contribution in [0.15, 0.2) is 12.7 Å². The molecule has 2 aromatic heterocycles. The molecule has 2 rings (SSSR count). The van der Waals surface area contributed by atoms with Crippen LogP contribution in [-0.2, 0) is 7.05 Å². The summed E-state index contributed by atoms with van der Waals surface area (Å²) in [6.45, 7) is 9.95. The minimum Gasteiger partial charge on any atom is -0.331 e. The first-order valence-corrected chi connectivity index (χ1v) is 5.37. The number of nitrogens with zero attached hydrogens (tertiary/aromatic N) is 4. The van der Waals surface area contributed by atoms with E-state index in [0.717, 1.165) is 16.9 Å². The first kappa shape index (κ1) is 13.5. The van der Waals surface area contributed by atoms with Gasteiger partial charge in [-0.1, -0.05) is 27.7 Å². The molecule has 4 heteroatoms. The normalized spacial score (nSPS) is 8.67. The summed E-state index contributed by atoms with van der Waals surface area (Å²) in [6, 6.07) is 0. The van der Waals surface area contributed by atoms with Crippen molar-refractivity contribution in [2.45, 2.75) is 34.6 Å². The maximum atomic E-state index is 4.09. The predicted molar refractivity (Wildman–Crippen MR) is 63.7 cm³/mol. The van der Waals surface area contributed by atoms with Crippen molar-refractivity contribution in [3.8, 4) is 0 Å². The molecule has 0 bridgehead atoms. The summed E-state index contributed by atoms with van der Waals surface area (Å²) in [5, 5.41) is 0. The Hall–Kier alpha value is -1.45. The molecule has 0 aliphatic heterocycles. The SMILES string of the molecule is CC.CC.Cc1ncnc2ncn(C)c12. The maximum absolute atomic E-state index is 4.09. The van der Waals surface area contributed by atoms with E-state index in [4.69, 9.17) is 0 Å². The number of rotatable bonds is 0. The van der Waals surface area contributed by atoms with Gasteiger partial charge in [-0.25, -0.2) is 15.0 Å². The molecule has 0 amide bonds.